The summed E-state index contributed by atoms with van der Waals surface area (Å²) in [5, 5.41) is 3.15. The Morgan fingerprint density at radius 2 is 2.15 bits per heavy atom. The van der Waals surface area contributed by atoms with Gasteiger partial charge in [0.05, 0.1) is 11.6 Å². The fourth-order valence-electron chi connectivity index (χ4n) is 3.16. The number of ether oxygens (including phenoxy) is 1. The predicted molar refractivity (Wildman–Crippen MR) is 77.4 cm³/mol. The van der Waals surface area contributed by atoms with Crippen LogP contribution < -0.4 is 11.1 Å². The fourth-order valence-corrected chi connectivity index (χ4v) is 3.16. The van der Waals surface area contributed by atoms with E-state index in [0.717, 1.165) is 12.8 Å². The second kappa shape index (κ2) is 5.19. The predicted octanol–water partition coefficient (Wildman–Crippen LogP) is 1.61. The lowest BCUT2D eigenvalue weighted by Crippen LogP contribution is -2.57. The van der Waals surface area contributed by atoms with E-state index in [1.165, 1.54) is 16.7 Å². The Hall–Kier alpha value is -1.39. The average Bonchev–Trinajstić information content (AvgIpc) is 2.82. The summed E-state index contributed by atoms with van der Waals surface area (Å²) in [6, 6.07) is 6.57. The first-order valence-corrected chi connectivity index (χ1v) is 7.35. The lowest BCUT2D eigenvalue weighted by Gasteiger charge is -2.33. The lowest BCUT2D eigenvalue weighted by molar-refractivity contribution is -0.130. The standard InChI is InChI=1S/C16H22N2O2/c1-11-2-4-13-12(10-11)3-5-14(13)18-15(19)16(17)6-8-20-9-7-16/h2,4,10,14H,3,5-9,17H2,1H3,(H,18,19). The van der Waals surface area contributed by atoms with Crippen molar-refractivity contribution in [3.63, 3.8) is 0 Å². The minimum absolute atomic E-state index is 0.0285. The van der Waals surface area contributed by atoms with Crippen LogP contribution in [-0.4, -0.2) is 24.7 Å². The largest absolute Gasteiger partial charge is 0.381 e. The SMILES string of the molecule is Cc1ccc2c(c1)CCC2NC(=O)C1(N)CCOCC1. The molecule has 1 amide bonds. The molecule has 2 aliphatic rings. The number of benzene rings is 1. The molecule has 1 aliphatic carbocycles. The maximum absolute atomic E-state index is 12.5. The molecule has 1 aliphatic heterocycles. The van der Waals surface area contributed by atoms with Gasteiger partial charge in [0.1, 0.15) is 0 Å². The minimum Gasteiger partial charge on any atom is -0.381 e. The monoisotopic (exact) mass is 274 g/mol. The van der Waals surface area contributed by atoms with Crippen LogP contribution in [0.15, 0.2) is 18.2 Å². The molecule has 3 N–H and O–H groups in total. The summed E-state index contributed by atoms with van der Waals surface area (Å²) >= 11 is 0. The molecule has 0 saturated carbocycles. The quantitative estimate of drug-likeness (QED) is 0.861. The topological polar surface area (TPSA) is 64.4 Å². The number of hydrogen-bond donors (Lipinski definition) is 2. The zero-order valence-electron chi connectivity index (χ0n) is 11.9. The highest BCUT2D eigenvalue weighted by Crippen LogP contribution is 2.32. The Kier molecular flexibility index (Phi) is 3.52. The van der Waals surface area contributed by atoms with Crippen LogP contribution in [0.3, 0.4) is 0 Å². The highest BCUT2D eigenvalue weighted by molar-refractivity contribution is 5.86. The summed E-state index contributed by atoms with van der Waals surface area (Å²) in [5.74, 6) is -0.0285. The van der Waals surface area contributed by atoms with Gasteiger partial charge in [-0.15, -0.1) is 0 Å². The van der Waals surface area contributed by atoms with Crippen LogP contribution >= 0.6 is 0 Å². The van der Waals surface area contributed by atoms with E-state index in [2.05, 4.69) is 30.4 Å². The second-order valence-corrected chi connectivity index (χ2v) is 6.04. The first-order chi connectivity index (χ1) is 9.58. The molecule has 1 aromatic rings. The van der Waals surface area contributed by atoms with Gasteiger partial charge in [0.25, 0.3) is 0 Å². The third-order valence-electron chi connectivity index (χ3n) is 4.52. The molecule has 0 aromatic heterocycles. The van der Waals surface area contributed by atoms with Gasteiger partial charge in [-0.2, -0.15) is 0 Å². The molecule has 1 unspecified atom stereocenters. The molecule has 1 fully saturated rings. The molecule has 0 spiro atoms. The van der Waals surface area contributed by atoms with Crippen LogP contribution in [0.1, 0.15) is 42.0 Å². The molecule has 0 bridgehead atoms. The van der Waals surface area contributed by atoms with Gasteiger partial charge in [-0.05, 0) is 43.7 Å². The van der Waals surface area contributed by atoms with Crippen LogP contribution in [-0.2, 0) is 16.0 Å². The first kappa shape index (κ1) is 13.6. The van der Waals surface area contributed by atoms with E-state index in [9.17, 15) is 4.79 Å². The summed E-state index contributed by atoms with van der Waals surface area (Å²) in [6.07, 6.45) is 3.21. The van der Waals surface area contributed by atoms with E-state index in [1.807, 2.05) is 0 Å². The van der Waals surface area contributed by atoms with Crippen molar-refractivity contribution in [3.8, 4) is 0 Å². The minimum atomic E-state index is -0.758. The van der Waals surface area contributed by atoms with Gasteiger partial charge in [0.2, 0.25) is 5.91 Å². The summed E-state index contributed by atoms with van der Waals surface area (Å²) < 4.78 is 5.29. The van der Waals surface area contributed by atoms with Gasteiger partial charge in [0, 0.05) is 13.2 Å². The molecule has 1 atom stereocenters. The number of carbonyl (C=O) groups is 1. The molecule has 1 aromatic carbocycles. The number of fused-ring (bicyclic) bond motifs is 1. The molecule has 1 heterocycles. The highest BCUT2D eigenvalue weighted by Gasteiger charge is 2.37. The van der Waals surface area contributed by atoms with E-state index in [0.29, 0.717) is 26.1 Å². The lowest BCUT2D eigenvalue weighted by atomic mass is 9.90. The summed E-state index contributed by atoms with van der Waals surface area (Å²) in [7, 11) is 0. The molecule has 4 nitrogen and oxygen atoms in total. The maximum atomic E-state index is 12.5. The summed E-state index contributed by atoms with van der Waals surface area (Å²) in [5.41, 5.74) is 9.35. The Bertz CT molecular complexity index is 521. The molecule has 20 heavy (non-hydrogen) atoms. The molecule has 1 saturated heterocycles. The van der Waals surface area contributed by atoms with Gasteiger partial charge in [-0.25, -0.2) is 0 Å². The Balaban J connectivity index is 1.72. The molecule has 3 rings (SSSR count). The van der Waals surface area contributed by atoms with E-state index in [1.54, 1.807) is 0 Å². The van der Waals surface area contributed by atoms with Crippen molar-refractivity contribution in [1.29, 1.82) is 0 Å². The van der Waals surface area contributed by atoms with Gasteiger partial charge >= 0.3 is 0 Å². The van der Waals surface area contributed by atoms with Gasteiger partial charge in [-0.1, -0.05) is 23.8 Å². The van der Waals surface area contributed by atoms with Gasteiger partial charge in [0.15, 0.2) is 0 Å². The number of hydrogen-bond acceptors (Lipinski definition) is 3. The van der Waals surface area contributed by atoms with Crippen molar-refractivity contribution in [2.75, 3.05) is 13.2 Å². The molecular formula is C16H22N2O2. The Morgan fingerprint density at radius 3 is 2.90 bits per heavy atom. The van der Waals surface area contributed by atoms with Crippen molar-refractivity contribution in [1.82, 2.24) is 5.32 Å². The number of amides is 1. The average molecular weight is 274 g/mol. The van der Waals surface area contributed by atoms with Crippen molar-refractivity contribution >= 4 is 5.91 Å². The van der Waals surface area contributed by atoms with Crippen molar-refractivity contribution in [3.05, 3.63) is 34.9 Å². The number of nitrogens with one attached hydrogen (secondary N) is 1. The normalized spacial score (nSPS) is 24.2. The van der Waals surface area contributed by atoms with Crippen molar-refractivity contribution in [2.45, 2.75) is 44.2 Å². The second-order valence-electron chi connectivity index (χ2n) is 6.04. The van der Waals surface area contributed by atoms with E-state index in [-0.39, 0.29) is 11.9 Å². The Labute approximate surface area is 119 Å². The van der Waals surface area contributed by atoms with E-state index in [4.69, 9.17) is 10.5 Å². The summed E-state index contributed by atoms with van der Waals surface area (Å²) in [4.78, 5) is 12.5. The van der Waals surface area contributed by atoms with E-state index < -0.39 is 5.54 Å². The molecule has 4 heteroatoms. The highest BCUT2D eigenvalue weighted by atomic mass is 16.5. The smallest absolute Gasteiger partial charge is 0.240 e. The third kappa shape index (κ3) is 2.45. The van der Waals surface area contributed by atoms with Crippen LogP contribution in [0.25, 0.3) is 0 Å². The van der Waals surface area contributed by atoms with Crippen molar-refractivity contribution in [2.24, 2.45) is 5.73 Å². The maximum Gasteiger partial charge on any atom is 0.240 e. The number of carbonyl (C=O) groups excluding carboxylic acids is 1. The molecule has 108 valence electrons. The van der Waals surface area contributed by atoms with Crippen LogP contribution in [0.5, 0.6) is 0 Å². The fraction of sp³-hybridized carbons (Fsp3) is 0.562. The number of nitrogens with two attached hydrogens (primary N) is 1. The van der Waals surface area contributed by atoms with Crippen molar-refractivity contribution < 1.29 is 9.53 Å². The zero-order valence-corrected chi connectivity index (χ0v) is 11.9. The van der Waals surface area contributed by atoms with Crippen LogP contribution in [0.2, 0.25) is 0 Å². The number of aryl methyl sites for hydroxylation is 2. The van der Waals surface area contributed by atoms with E-state index >= 15 is 0 Å². The van der Waals surface area contributed by atoms with Crippen LogP contribution in [0.4, 0.5) is 0 Å². The Morgan fingerprint density at radius 1 is 1.40 bits per heavy atom. The molecular weight excluding hydrogens is 252 g/mol. The van der Waals surface area contributed by atoms with Gasteiger partial charge < -0.3 is 15.8 Å². The first-order valence-electron chi connectivity index (χ1n) is 7.35. The van der Waals surface area contributed by atoms with Gasteiger partial charge in [-0.3, -0.25) is 4.79 Å². The molecule has 0 radical (unpaired) electrons. The zero-order chi connectivity index (χ0) is 14.2. The third-order valence-corrected chi connectivity index (χ3v) is 4.52. The summed E-state index contributed by atoms with van der Waals surface area (Å²) in [6.45, 7) is 3.25. The number of rotatable bonds is 2. The van der Waals surface area contributed by atoms with Crippen LogP contribution in [0, 0.1) is 6.92 Å².